The third-order valence-electron chi connectivity index (χ3n) is 4.21. The average Bonchev–Trinajstić information content (AvgIpc) is 2.46. The molecule has 0 amide bonds. The number of aromatic hydroxyl groups is 1. The molecule has 1 aromatic carbocycles. The van der Waals surface area contributed by atoms with Gasteiger partial charge in [0, 0.05) is 5.56 Å². The van der Waals surface area contributed by atoms with Crippen molar-refractivity contribution < 1.29 is 9.84 Å². The van der Waals surface area contributed by atoms with Gasteiger partial charge in [0.2, 0.25) is 0 Å². The Bertz CT molecular complexity index is 567. The molecule has 0 unspecified atom stereocenters. The Morgan fingerprint density at radius 1 is 1.14 bits per heavy atom. The van der Waals surface area contributed by atoms with Crippen LogP contribution in [-0.4, -0.2) is 5.11 Å². The molecule has 1 aromatic rings. The maximum absolute atomic E-state index is 10.4. The Labute approximate surface area is 134 Å². The number of fused-ring (bicyclic) bond motifs is 1. The van der Waals surface area contributed by atoms with Gasteiger partial charge in [-0.1, -0.05) is 31.4 Å². The Balaban J connectivity index is 2.31. The second-order valence-electron chi connectivity index (χ2n) is 6.26. The molecule has 2 rings (SSSR count). The minimum atomic E-state index is 0.362. The number of allylic oxidation sites excluding steroid dienone is 4. The number of hydrogen-bond acceptors (Lipinski definition) is 2. The highest BCUT2D eigenvalue weighted by atomic mass is 16.5. The van der Waals surface area contributed by atoms with E-state index in [4.69, 9.17) is 4.74 Å². The molecule has 1 aliphatic heterocycles. The molecule has 1 heterocycles. The van der Waals surface area contributed by atoms with Crippen LogP contribution in [0.4, 0.5) is 0 Å². The molecule has 0 fully saturated rings. The third kappa shape index (κ3) is 4.66. The van der Waals surface area contributed by atoms with E-state index in [1.54, 1.807) is 0 Å². The molecule has 0 aliphatic carbocycles. The van der Waals surface area contributed by atoms with E-state index in [-0.39, 0.29) is 0 Å². The van der Waals surface area contributed by atoms with Crippen LogP contribution in [0.3, 0.4) is 0 Å². The topological polar surface area (TPSA) is 29.5 Å². The lowest BCUT2D eigenvalue weighted by molar-refractivity contribution is 0.408. The molecule has 0 saturated heterocycles. The molecule has 0 atom stereocenters. The molecule has 1 N–H and O–H groups in total. The van der Waals surface area contributed by atoms with Crippen molar-refractivity contribution in [3.05, 3.63) is 46.7 Å². The highest BCUT2D eigenvalue weighted by molar-refractivity contribution is 5.49. The van der Waals surface area contributed by atoms with Gasteiger partial charge < -0.3 is 9.84 Å². The minimum absolute atomic E-state index is 0.362. The summed E-state index contributed by atoms with van der Waals surface area (Å²) in [5, 5.41) is 10.4. The van der Waals surface area contributed by atoms with Crippen LogP contribution in [0.15, 0.2) is 35.6 Å². The standard InChI is InChI=1S/C20H28O2/c1-4-5-6-10-17-13-19(21)18-12-11-15(2)8-7-9-16(3)22-20(18)14-17/h9,11,13-14,21H,4-8,10,12H2,1-3H3/b15-11-,16-9+. The van der Waals surface area contributed by atoms with Gasteiger partial charge >= 0.3 is 0 Å². The van der Waals surface area contributed by atoms with Gasteiger partial charge in [-0.2, -0.15) is 0 Å². The fourth-order valence-corrected chi connectivity index (χ4v) is 2.80. The van der Waals surface area contributed by atoms with Crippen molar-refractivity contribution in [3.63, 3.8) is 0 Å². The first kappa shape index (κ1) is 16.7. The van der Waals surface area contributed by atoms with E-state index in [1.807, 2.05) is 13.0 Å². The van der Waals surface area contributed by atoms with Gasteiger partial charge in [0.25, 0.3) is 0 Å². The van der Waals surface area contributed by atoms with Crippen LogP contribution in [-0.2, 0) is 12.8 Å². The van der Waals surface area contributed by atoms with Crippen molar-refractivity contribution in [2.45, 2.75) is 65.7 Å². The molecule has 2 heteroatoms. The molecule has 0 saturated carbocycles. The van der Waals surface area contributed by atoms with Gasteiger partial charge in [0.1, 0.15) is 11.5 Å². The predicted molar refractivity (Wildman–Crippen MR) is 92.4 cm³/mol. The minimum Gasteiger partial charge on any atom is -0.508 e. The number of rotatable bonds is 4. The molecule has 0 aromatic heterocycles. The number of benzene rings is 1. The van der Waals surface area contributed by atoms with Gasteiger partial charge in [-0.25, -0.2) is 0 Å². The number of unbranched alkanes of at least 4 members (excludes halogenated alkanes) is 2. The molecule has 0 spiro atoms. The van der Waals surface area contributed by atoms with Crippen LogP contribution in [0.2, 0.25) is 0 Å². The zero-order valence-electron chi connectivity index (χ0n) is 14.1. The van der Waals surface area contributed by atoms with Crippen LogP contribution in [0.1, 0.15) is 64.0 Å². The second kappa shape index (κ2) is 8.07. The van der Waals surface area contributed by atoms with E-state index in [1.165, 1.54) is 18.4 Å². The maximum Gasteiger partial charge on any atom is 0.134 e. The molecular weight excluding hydrogens is 272 g/mol. The summed E-state index contributed by atoms with van der Waals surface area (Å²) >= 11 is 0. The molecule has 2 nitrogen and oxygen atoms in total. The van der Waals surface area contributed by atoms with Crippen LogP contribution < -0.4 is 4.74 Å². The monoisotopic (exact) mass is 300 g/mol. The second-order valence-corrected chi connectivity index (χ2v) is 6.26. The Morgan fingerprint density at radius 2 is 1.95 bits per heavy atom. The quantitative estimate of drug-likeness (QED) is 0.571. The number of phenolic OH excluding ortho intramolecular Hbond substituents is 1. The fourth-order valence-electron chi connectivity index (χ4n) is 2.80. The lowest BCUT2D eigenvalue weighted by Crippen LogP contribution is -2.00. The van der Waals surface area contributed by atoms with E-state index in [2.05, 4.69) is 32.1 Å². The highest BCUT2D eigenvalue weighted by Gasteiger charge is 2.13. The largest absolute Gasteiger partial charge is 0.508 e. The lowest BCUT2D eigenvalue weighted by atomic mass is 10.00. The number of aryl methyl sites for hydroxylation is 1. The predicted octanol–water partition coefficient (Wildman–Crippen LogP) is 5.69. The van der Waals surface area contributed by atoms with Gasteiger partial charge in [-0.15, -0.1) is 0 Å². The van der Waals surface area contributed by atoms with E-state index >= 15 is 0 Å². The van der Waals surface area contributed by atoms with Gasteiger partial charge in [0.15, 0.2) is 0 Å². The number of phenols is 1. The molecule has 22 heavy (non-hydrogen) atoms. The molecular formula is C20H28O2. The summed E-state index contributed by atoms with van der Waals surface area (Å²) in [5.74, 6) is 2.09. The van der Waals surface area contributed by atoms with Crippen molar-refractivity contribution in [2.24, 2.45) is 0 Å². The molecule has 0 radical (unpaired) electrons. The smallest absolute Gasteiger partial charge is 0.134 e. The van der Waals surface area contributed by atoms with Crippen molar-refractivity contribution >= 4 is 0 Å². The summed E-state index contributed by atoms with van der Waals surface area (Å²) in [7, 11) is 0. The van der Waals surface area contributed by atoms with Gasteiger partial charge in [-0.3, -0.25) is 0 Å². The maximum atomic E-state index is 10.4. The number of hydrogen-bond donors (Lipinski definition) is 1. The first-order valence-electron chi connectivity index (χ1n) is 8.45. The Kier molecular flexibility index (Phi) is 6.11. The summed E-state index contributed by atoms with van der Waals surface area (Å²) in [5.41, 5.74) is 3.42. The summed E-state index contributed by atoms with van der Waals surface area (Å²) < 4.78 is 6.01. The first-order chi connectivity index (χ1) is 10.6. The van der Waals surface area contributed by atoms with Crippen LogP contribution >= 0.6 is 0 Å². The van der Waals surface area contributed by atoms with Gasteiger partial charge in [-0.05, 0) is 69.7 Å². The van der Waals surface area contributed by atoms with E-state index in [0.29, 0.717) is 5.75 Å². The van der Waals surface area contributed by atoms with E-state index < -0.39 is 0 Å². The SMILES string of the molecule is CCCCCc1cc(O)c2c(c1)O/C(C)=C/CC/C(C)=C\C2. The molecule has 120 valence electrons. The summed E-state index contributed by atoms with van der Waals surface area (Å²) in [6.07, 6.45) is 11.7. The molecule has 0 bridgehead atoms. The Morgan fingerprint density at radius 3 is 2.73 bits per heavy atom. The van der Waals surface area contributed by atoms with Crippen molar-refractivity contribution in [1.29, 1.82) is 0 Å². The number of ether oxygens (including phenoxy) is 1. The van der Waals surface area contributed by atoms with Crippen molar-refractivity contribution in [1.82, 2.24) is 0 Å². The third-order valence-corrected chi connectivity index (χ3v) is 4.21. The van der Waals surface area contributed by atoms with Crippen LogP contribution in [0.5, 0.6) is 11.5 Å². The Hall–Kier alpha value is -1.70. The van der Waals surface area contributed by atoms with E-state index in [9.17, 15) is 5.11 Å². The summed E-state index contributed by atoms with van der Waals surface area (Å²) in [6.45, 7) is 6.35. The lowest BCUT2D eigenvalue weighted by Gasteiger charge is -2.16. The normalized spacial score (nSPS) is 20.1. The van der Waals surface area contributed by atoms with E-state index in [0.717, 1.165) is 54.7 Å². The van der Waals surface area contributed by atoms with Crippen LogP contribution in [0.25, 0.3) is 0 Å². The van der Waals surface area contributed by atoms with Crippen molar-refractivity contribution in [2.75, 3.05) is 0 Å². The van der Waals surface area contributed by atoms with Gasteiger partial charge in [0.05, 0.1) is 5.76 Å². The van der Waals surface area contributed by atoms with Crippen LogP contribution in [0, 0.1) is 0 Å². The fraction of sp³-hybridized carbons (Fsp3) is 0.500. The highest BCUT2D eigenvalue weighted by Crippen LogP contribution is 2.33. The average molecular weight is 300 g/mol. The zero-order chi connectivity index (χ0) is 15.9. The van der Waals surface area contributed by atoms with Crippen molar-refractivity contribution in [3.8, 4) is 11.5 Å². The summed E-state index contributed by atoms with van der Waals surface area (Å²) in [6, 6.07) is 4.01. The summed E-state index contributed by atoms with van der Waals surface area (Å²) in [4.78, 5) is 0. The first-order valence-corrected chi connectivity index (χ1v) is 8.45. The zero-order valence-corrected chi connectivity index (χ0v) is 14.1. The molecule has 1 aliphatic rings.